The number of nitrogens with two attached hydrogens (primary N) is 1. The highest BCUT2D eigenvalue weighted by Gasteiger charge is 2.16. The molecule has 0 spiro atoms. The van der Waals surface area contributed by atoms with Crippen LogP contribution in [0.15, 0.2) is 33.7 Å². The van der Waals surface area contributed by atoms with Crippen molar-refractivity contribution >= 4 is 33.6 Å². The first-order valence-electron chi connectivity index (χ1n) is 6.72. The third-order valence-corrected chi connectivity index (χ3v) is 3.72. The van der Waals surface area contributed by atoms with Gasteiger partial charge < -0.3 is 15.6 Å². The number of carbonyl (C=O) groups excluding carboxylic acids is 2. The van der Waals surface area contributed by atoms with E-state index in [1.54, 1.807) is 38.2 Å². The zero-order valence-corrected chi connectivity index (χ0v) is 14.2. The molecule has 120 valence electrons. The molecule has 0 aromatic carbocycles. The summed E-state index contributed by atoms with van der Waals surface area (Å²) in [5.41, 5.74) is 5.61. The van der Waals surface area contributed by atoms with E-state index < -0.39 is 17.4 Å². The molecule has 0 unspecified atom stereocenters. The summed E-state index contributed by atoms with van der Waals surface area (Å²) in [6.07, 6.45) is 1.55. The lowest BCUT2D eigenvalue weighted by molar-refractivity contribution is -0.116. The van der Waals surface area contributed by atoms with Crippen LogP contribution < -0.4 is 16.6 Å². The number of hydrogen-bond acceptors (Lipinski definition) is 4. The van der Waals surface area contributed by atoms with Gasteiger partial charge >= 0.3 is 0 Å². The van der Waals surface area contributed by atoms with Crippen LogP contribution in [0.3, 0.4) is 0 Å². The van der Waals surface area contributed by atoms with Crippen LogP contribution in [-0.2, 0) is 11.3 Å². The normalized spacial score (nSPS) is 10.4. The predicted molar refractivity (Wildman–Crippen MR) is 89.3 cm³/mol. The van der Waals surface area contributed by atoms with Crippen LogP contribution in [0.5, 0.6) is 0 Å². The van der Waals surface area contributed by atoms with Crippen LogP contribution in [0.1, 0.15) is 21.6 Å². The quantitative estimate of drug-likeness (QED) is 0.836. The van der Waals surface area contributed by atoms with Crippen LogP contribution in [-0.4, -0.2) is 21.4 Å². The SMILES string of the molecule is Cc1cc(C)n(CC(=O)Nc2ccc(Br)cn2)c(=O)c1C(N)=O. The highest BCUT2D eigenvalue weighted by molar-refractivity contribution is 9.10. The number of aryl methyl sites for hydroxylation is 2. The monoisotopic (exact) mass is 378 g/mol. The number of anilines is 1. The van der Waals surface area contributed by atoms with Crippen molar-refractivity contribution in [3.05, 3.63) is 56.0 Å². The lowest BCUT2D eigenvalue weighted by atomic mass is 10.1. The third-order valence-electron chi connectivity index (χ3n) is 3.25. The van der Waals surface area contributed by atoms with Gasteiger partial charge in [0, 0.05) is 16.4 Å². The number of aromatic nitrogens is 2. The zero-order valence-electron chi connectivity index (χ0n) is 12.6. The van der Waals surface area contributed by atoms with Gasteiger partial charge in [0.15, 0.2) is 0 Å². The number of halogens is 1. The fourth-order valence-corrected chi connectivity index (χ4v) is 2.43. The Kier molecular flexibility index (Phi) is 4.95. The number of carbonyl (C=O) groups is 2. The van der Waals surface area contributed by atoms with Crippen molar-refractivity contribution in [2.24, 2.45) is 5.73 Å². The minimum atomic E-state index is -0.809. The maximum atomic E-state index is 12.3. The van der Waals surface area contributed by atoms with Crippen molar-refractivity contribution in [1.82, 2.24) is 9.55 Å². The van der Waals surface area contributed by atoms with E-state index in [4.69, 9.17) is 5.73 Å². The Bertz CT molecular complexity index is 828. The smallest absolute Gasteiger partial charge is 0.264 e. The topological polar surface area (TPSA) is 107 Å². The number of rotatable bonds is 4. The molecule has 0 aliphatic carbocycles. The summed E-state index contributed by atoms with van der Waals surface area (Å²) in [5.74, 6) is -0.869. The second-order valence-corrected chi connectivity index (χ2v) is 5.92. The van der Waals surface area contributed by atoms with Crippen LogP contribution in [0.4, 0.5) is 5.82 Å². The molecular formula is C15H15BrN4O3. The number of nitrogens with zero attached hydrogens (tertiary/aromatic N) is 2. The van der Waals surface area contributed by atoms with Gasteiger partial charge in [0.25, 0.3) is 11.5 Å². The molecule has 0 aliphatic heterocycles. The van der Waals surface area contributed by atoms with Gasteiger partial charge in [0.2, 0.25) is 5.91 Å². The molecule has 2 amide bonds. The van der Waals surface area contributed by atoms with Crippen LogP contribution in [0.2, 0.25) is 0 Å². The molecule has 0 radical (unpaired) electrons. The van der Waals surface area contributed by atoms with E-state index in [0.29, 0.717) is 17.1 Å². The summed E-state index contributed by atoms with van der Waals surface area (Å²) < 4.78 is 1.99. The standard InChI is InChI=1S/C15H15BrN4O3/c1-8-5-9(2)20(15(23)13(8)14(17)22)7-12(21)19-11-4-3-10(16)6-18-11/h3-6H,7H2,1-2H3,(H2,17,22)(H,18,19,21). The van der Waals surface area contributed by atoms with Crippen molar-refractivity contribution in [2.75, 3.05) is 5.32 Å². The summed E-state index contributed by atoms with van der Waals surface area (Å²) >= 11 is 3.25. The van der Waals surface area contributed by atoms with Gasteiger partial charge in [-0.05, 0) is 53.5 Å². The minimum Gasteiger partial charge on any atom is -0.365 e. The molecule has 2 aromatic heterocycles. The third kappa shape index (κ3) is 3.84. The highest BCUT2D eigenvalue weighted by Crippen LogP contribution is 2.11. The predicted octanol–water partition coefficient (Wildman–Crippen LogP) is 1.36. The van der Waals surface area contributed by atoms with E-state index in [9.17, 15) is 14.4 Å². The molecule has 2 aromatic rings. The Labute approximate surface area is 140 Å². The first-order chi connectivity index (χ1) is 10.8. The fraction of sp³-hybridized carbons (Fsp3) is 0.200. The van der Waals surface area contributed by atoms with Gasteiger partial charge in [-0.25, -0.2) is 4.98 Å². The molecule has 3 N–H and O–H groups in total. The molecule has 0 saturated heterocycles. The summed E-state index contributed by atoms with van der Waals surface area (Å²) in [5, 5.41) is 2.59. The van der Waals surface area contributed by atoms with Gasteiger partial charge in [-0.1, -0.05) is 0 Å². The van der Waals surface area contributed by atoms with Gasteiger partial charge in [0.1, 0.15) is 17.9 Å². The first kappa shape index (κ1) is 16.9. The number of primary amides is 1. The molecule has 2 heterocycles. The molecule has 0 fully saturated rings. The average molecular weight is 379 g/mol. The summed E-state index contributed by atoms with van der Waals surface area (Å²) in [6.45, 7) is 3.08. The number of nitrogens with one attached hydrogen (secondary N) is 1. The summed E-state index contributed by atoms with van der Waals surface area (Å²) in [4.78, 5) is 39.9. The second kappa shape index (κ2) is 6.74. The van der Waals surface area contributed by atoms with E-state index in [1.807, 2.05) is 0 Å². The number of pyridine rings is 2. The molecular weight excluding hydrogens is 364 g/mol. The minimum absolute atomic E-state index is 0.106. The van der Waals surface area contributed by atoms with Crippen molar-refractivity contribution in [3.63, 3.8) is 0 Å². The summed E-state index contributed by atoms with van der Waals surface area (Å²) in [7, 11) is 0. The lowest BCUT2D eigenvalue weighted by Crippen LogP contribution is -2.35. The Morgan fingerprint density at radius 2 is 2.04 bits per heavy atom. The average Bonchev–Trinajstić information content (AvgIpc) is 2.45. The van der Waals surface area contributed by atoms with Crippen molar-refractivity contribution < 1.29 is 9.59 Å². The van der Waals surface area contributed by atoms with Crippen molar-refractivity contribution in [3.8, 4) is 0 Å². The molecule has 23 heavy (non-hydrogen) atoms. The van der Waals surface area contributed by atoms with Gasteiger partial charge in [0.05, 0.1) is 0 Å². The largest absolute Gasteiger partial charge is 0.365 e. The highest BCUT2D eigenvalue weighted by atomic mass is 79.9. The van der Waals surface area contributed by atoms with E-state index in [1.165, 1.54) is 4.57 Å². The Balaban J connectivity index is 2.27. The van der Waals surface area contributed by atoms with E-state index in [2.05, 4.69) is 26.2 Å². The van der Waals surface area contributed by atoms with Gasteiger partial charge in [-0.15, -0.1) is 0 Å². The number of amides is 2. The Morgan fingerprint density at radius 3 is 2.61 bits per heavy atom. The molecule has 0 saturated carbocycles. The maximum absolute atomic E-state index is 12.3. The molecule has 8 heteroatoms. The molecule has 0 bridgehead atoms. The van der Waals surface area contributed by atoms with Crippen molar-refractivity contribution in [1.29, 1.82) is 0 Å². The molecule has 2 rings (SSSR count). The van der Waals surface area contributed by atoms with Crippen LogP contribution in [0, 0.1) is 13.8 Å². The van der Waals surface area contributed by atoms with Crippen molar-refractivity contribution in [2.45, 2.75) is 20.4 Å². The second-order valence-electron chi connectivity index (χ2n) is 5.01. The van der Waals surface area contributed by atoms with E-state index >= 15 is 0 Å². The molecule has 0 aliphatic rings. The molecule has 7 nitrogen and oxygen atoms in total. The fourth-order valence-electron chi connectivity index (χ4n) is 2.20. The summed E-state index contributed by atoms with van der Waals surface area (Å²) in [6, 6.07) is 5.01. The lowest BCUT2D eigenvalue weighted by Gasteiger charge is -2.13. The van der Waals surface area contributed by atoms with Gasteiger partial charge in [-0.3, -0.25) is 14.4 Å². The van der Waals surface area contributed by atoms with Crippen LogP contribution in [0.25, 0.3) is 0 Å². The van der Waals surface area contributed by atoms with E-state index in [-0.39, 0.29) is 12.1 Å². The Morgan fingerprint density at radius 1 is 1.35 bits per heavy atom. The van der Waals surface area contributed by atoms with E-state index in [0.717, 1.165) is 4.47 Å². The molecule has 0 atom stereocenters. The Hall–Kier alpha value is -2.48. The number of hydrogen-bond donors (Lipinski definition) is 2. The zero-order chi connectivity index (χ0) is 17.1. The van der Waals surface area contributed by atoms with Gasteiger partial charge in [-0.2, -0.15) is 0 Å². The first-order valence-corrected chi connectivity index (χ1v) is 7.51. The maximum Gasteiger partial charge on any atom is 0.264 e. The van der Waals surface area contributed by atoms with Crippen LogP contribution >= 0.6 is 15.9 Å².